The fraction of sp³-hybridized carbons (Fsp3) is 0.892. The van der Waals surface area contributed by atoms with Crippen LogP contribution in [0.2, 0.25) is 0 Å². The first kappa shape index (κ1) is 43.8. The Bertz CT molecular complexity index is 762. The summed E-state index contributed by atoms with van der Waals surface area (Å²) in [6.07, 6.45) is 29.9. The Kier molecular flexibility index (Phi) is 31.2. The van der Waals surface area contributed by atoms with Crippen LogP contribution in [-0.2, 0) is 23.9 Å². The predicted molar refractivity (Wildman–Crippen MR) is 186 cm³/mol. The minimum atomic E-state index is -1.38. The zero-order valence-electron chi connectivity index (χ0n) is 29.6. The lowest BCUT2D eigenvalue weighted by atomic mass is 10.0. The van der Waals surface area contributed by atoms with Crippen molar-refractivity contribution in [2.24, 2.45) is 0 Å². The summed E-state index contributed by atoms with van der Waals surface area (Å²) in [5, 5.41) is 22.5. The Morgan fingerprint density at radius 3 is 1.41 bits per heavy atom. The Labute approximate surface area is 280 Å². The second-order valence-corrected chi connectivity index (χ2v) is 13.0. The number of rotatable bonds is 34. The van der Waals surface area contributed by atoms with Crippen molar-refractivity contribution in [3.63, 3.8) is 0 Å². The molecule has 0 rings (SSSR count). The second-order valence-electron chi connectivity index (χ2n) is 13.0. The number of hydrogen-bond donors (Lipinski definition) is 4. The van der Waals surface area contributed by atoms with E-state index in [0.717, 1.165) is 57.8 Å². The van der Waals surface area contributed by atoms with E-state index in [0.29, 0.717) is 19.3 Å². The summed E-state index contributed by atoms with van der Waals surface area (Å²) in [5.74, 6) is -2.28. The maximum atomic E-state index is 12.6. The number of ether oxygens (including phenoxy) is 1. The number of amides is 2. The van der Waals surface area contributed by atoms with Crippen LogP contribution < -0.4 is 10.6 Å². The van der Waals surface area contributed by atoms with E-state index < -0.39 is 24.5 Å². The highest BCUT2D eigenvalue weighted by atomic mass is 16.5. The van der Waals surface area contributed by atoms with Gasteiger partial charge in [-0.05, 0) is 38.5 Å². The van der Waals surface area contributed by atoms with Crippen LogP contribution in [0.25, 0.3) is 0 Å². The topological polar surface area (TPSA) is 142 Å². The number of esters is 1. The van der Waals surface area contributed by atoms with Gasteiger partial charge in [0.15, 0.2) is 0 Å². The summed E-state index contributed by atoms with van der Waals surface area (Å²) < 4.78 is 5.97. The van der Waals surface area contributed by atoms with Gasteiger partial charge in [0.05, 0.1) is 13.2 Å². The van der Waals surface area contributed by atoms with Crippen LogP contribution in [0.1, 0.15) is 187 Å². The molecule has 0 saturated carbocycles. The van der Waals surface area contributed by atoms with Gasteiger partial charge in [-0.1, -0.05) is 136 Å². The number of hydrogen-bond acceptors (Lipinski definition) is 6. The number of aliphatic hydroxyl groups is 1. The van der Waals surface area contributed by atoms with Crippen molar-refractivity contribution in [3.8, 4) is 0 Å². The fourth-order valence-electron chi connectivity index (χ4n) is 5.66. The van der Waals surface area contributed by atoms with Gasteiger partial charge >= 0.3 is 11.9 Å². The van der Waals surface area contributed by atoms with E-state index in [2.05, 4.69) is 24.5 Å². The van der Waals surface area contributed by atoms with E-state index in [1.165, 1.54) is 96.3 Å². The Balaban J connectivity index is 4.25. The molecule has 0 aromatic heterocycles. The molecule has 46 heavy (non-hydrogen) atoms. The average molecular weight is 655 g/mol. The Morgan fingerprint density at radius 2 is 0.978 bits per heavy atom. The summed E-state index contributed by atoms with van der Waals surface area (Å²) in [4.78, 5) is 47.2. The van der Waals surface area contributed by atoms with Gasteiger partial charge in [0, 0.05) is 12.8 Å². The van der Waals surface area contributed by atoms with Crippen LogP contribution in [0.3, 0.4) is 0 Å². The van der Waals surface area contributed by atoms with Gasteiger partial charge in [-0.25, -0.2) is 4.79 Å². The zero-order chi connectivity index (χ0) is 34.1. The zero-order valence-corrected chi connectivity index (χ0v) is 29.6. The van der Waals surface area contributed by atoms with Gasteiger partial charge in [0.25, 0.3) is 0 Å². The molecule has 0 aliphatic heterocycles. The fourth-order valence-corrected chi connectivity index (χ4v) is 5.66. The van der Waals surface area contributed by atoms with E-state index in [-0.39, 0.29) is 24.5 Å². The van der Waals surface area contributed by atoms with E-state index in [1.54, 1.807) is 0 Å². The van der Waals surface area contributed by atoms with Gasteiger partial charge in [-0.2, -0.15) is 0 Å². The third-order valence-electron chi connectivity index (χ3n) is 8.60. The molecule has 0 saturated heterocycles. The summed E-state index contributed by atoms with van der Waals surface area (Å²) in [7, 11) is 0. The maximum Gasteiger partial charge on any atom is 0.328 e. The van der Waals surface area contributed by atoms with Gasteiger partial charge in [0.2, 0.25) is 11.8 Å². The quantitative estimate of drug-likeness (QED) is 0.0405. The van der Waals surface area contributed by atoms with Crippen LogP contribution in [-0.4, -0.2) is 59.3 Å². The number of carbonyl (C=O) groups is 4. The number of unbranched alkanes of at least 4 members (excludes halogenated alkanes) is 20. The van der Waals surface area contributed by atoms with Gasteiger partial charge in [-0.3, -0.25) is 14.4 Å². The normalized spacial score (nSPS) is 12.4. The highest BCUT2D eigenvalue weighted by Gasteiger charge is 2.19. The largest absolute Gasteiger partial charge is 0.480 e. The van der Waals surface area contributed by atoms with Crippen LogP contribution in [0.15, 0.2) is 0 Å². The molecule has 270 valence electrons. The number of aliphatic hydroxyl groups excluding tert-OH is 1. The highest BCUT2D eigenvalue weighted by Crippen LogP contribution is 2.19. The lowest BCUT2D eigenvalue weighted by molar-refractivity contribution is -0.150. The average Bonchev–Trinajstić information content (AvgIpc) is 3.03. The molecule has 9 nitrogen and oxygen atoms in total. The van der Waals surface area contributed by atoms with Gasteiger partial charge in [-0.15, -0.1) is 0 Å². The van der Waals surface area contributed by atoms with Crippen LogP contribution in [0.5, 0.6) is 0 Å². The van der Waals surface area contributed by atoms with Crippen molar-refractivity contribution in [2.75, 3.05) is 13.2 Å². The van der Waals surface area contributed by atoms with Crippen molar-refractivity contribution < 1.29 is 34.1 Å². The first-order valence-electron chi connectivity index (χ1n) is 18.9. The number of aliphatic carboxylic acids is 1. The standard InChI is InChI=1S/C37H70N2O7/c1-3-5-7-9-11-13-14-15-18-22-26-32(46-36(43)29-25-21-16-12-10-8-6-4-2)27-23-19-17-20-24-28-34(41)38-30-35(42)39-33(31-40)37(44)45/h32-33,40H,3-31H2,1-2H3,(H,38,41)(H,39,42)(H,44,45). The van der Waals surface area contributed by atoms with Gasteiger partial charge in [0.1, 0.15) is 12.1 Å². The summed E-state index contributed by atoms with van der Waals surface area (Å²) in [5.41, 5.74) is 0. The molecule has 0 aromatic rings. The molecule has 0 radical (unpaired) electrons. The third-order valence-corrected chi connectivity index (χ3v) is 8.60. The molecular formula is C37H70N2O7. The molecule has 2 atom stereocenters. The van der Waals surface area contributed by atoms with Crippen molar-refractivity contribution in [1.29, 1.82) is 0 Å². The second kappa shape index (κ2) is 32.8. The molecule has 0 heterocycles. The number of carboxylic acid groups (broad SMARTS) is 1. The number of nitrogens with one attached hydrogen (secondary N) is 2. The third kappa shape index (κ3) is 29.3. The molecule has 0 aliphatic carbocycles. The maximum absolute atomic E-state index is 12.6. The lowest BCUT2D eigenvalue weighted by Gasteiger charge is -2.18. The first-order chi connectivity index (χ1) is 22.3. The minimum absolute atomic E-state index is 0.000861. The molecule has 2 amide bonds. The molecule has 0 aromatic carbocycles. The summed E-state index contributed by atoms with van der Waals surface area (Å²) >= 11 is 0. The molecule has 9 heteroatoms. The molecular weight excluding hydrogens is 584 g/mol. The molecule has 0 bridgehead atoms. The minimum Gasteiger partial charge on any atom is -0.480 e. The molecule has 2 unspecified atom stereocenters. The number of carboxylic acids is 1. The number of carbonyl (C=O) groups excluding carboxylic acids is 3. The molecule has 4 N–H and O–H groups in total. The lowest BCUT2D eigenvalue weighted by Crippen LogP contribution is -2.47. The summed E-state index contributed by atoms with van der Waals surface area (Å²) in [6, 6.07) is -1.38. The SMILES string of the molecule is CCCCCCCCCCCCC(CCCCCCCC(=O)NCC(=O)NC(CO)C(=O)O)OC(=O)CCCCCCCCCC. The van der Waals surface area contributed by atoms with Crippen molar-refractivity contribution in [2.45, 2.75) is 199 Å². The van der Waals surface area contributed by atoms with Crippen molar-refractivity contribution in [3.05, 3.63) is 0 Å². The molecule has 0 fully saturated rings. The van der Waals surface area contributed by atoms with E-state index in [9.17, 15) is 19.2 Å². The molecule has 0 spiro atoms. The van der Waals surface area contributed by atoms with Crippen LogP contribution >= 0.6 is 0 Å². The Morgan fingerprint density at radius 1 is 0.565 bits per heavy atom. The van der Waals surface area contributed by atoms with Crippen molar-refractivity contribution in [1.82, 2.24) is 10.6 Å². The monoisotopic (exact) mass is 655 g/mol. The summed E-state index contributed by atoms with van der Waals surface area (Å²) in [6.45, 7) is 3.46. The smallest absolute Gasteiger partial charge is 0.328 e. The van der Waals surface area contributed by atoms with Gasteiger partial charge < -0.3 is 25.6 Å². The molecule has 0 aliphatic rings. The predicted octanol–water partition coefficient (Wildman–Crippen LogP) is 8.15. The van der Waals surface area contributed by atoms with Crippen molar-refractivity contribution >= 4 is 23.8 Å². The Hall–Kier alpha value is -2.16. The van der Waals surface area contributed by atoms with E-state index >= 15 is 0 Å². The van der Waals surface area contributed by atoms with E-state index in [4.69, 9.17) is 14.9 Å². The highest BCUT2D eigenvalue weighted by molar-refractivity contribution is 5.87. The first-order valence-corrected chi connectivity index (χ1v) is 18.9. The van der Waals surface area contributed by atoms with E-state index in [1.807, 2.05) is 0 Å². The van der Waals surface area contributed by atoms with Crippen LogP contribution in [0.4, 0.5) is 0 Å². The van der Waals surface area contributed by atoms with Crippen LogP contribution in [0, 0.1) is 0 Å².